The smallest absolute Gasteiger partial charge is 0.115 e. The number of nitrogens with zero attached hydrogens (tertiary/aromatic N) is 2. The molecule has 2 rings (SSSR count). The zero-order chi connectivity index (χ0) is 9.10. The van der Waals surface area contributed by atoms with Crippen LogP contribution < -0.4 is 0 Å². The normalized spacial score (nSPS) is 28.7. The molecule has 2 atom stereocenters. The van der Waals surface area contributed by atoms with E-state index in [0.717, 1.165) is 25.1 Å². The first kappa shape index (κ1) is 8.91. The summed E-state index contributed by atoms with van der Waals surface area (Å²) in [6.07, 6.45) is 5.10. The van der Waals surface area contributed by atoms with Gasteiger partial charge in [-0.1, -0.05) is 0 Å². The summed E-state index contributed by atoms with van der Waals surface area (Å²) in [5.41, 5.74) is 0.931. The second kappa shape index (κ2) is 4.03. The molecule has 0 bridgehead atoms. The molecule has 1 aliphatic rings. The molecule has 0 aliphatic carbocycles. The van der Waals surface area contributed by atoms with E-state index in [4.69, 9.17) is 16.3 Å². The van der Waals surface area contributed by atoms with Crippen molar-refractivity contribution in [1.29, 1.82) is 0 Å². The quantitative estimate of drug-likeness (QED) is 0.647. The van der Waals surface area contributed by atoms with Crippen molar-refractivity contribution >= 4 is 11.6 Å². The predicted molar refractivity (Wildman–Crippen MR) is 49.6 cm³/mol. The molecule has 2 unspecified atom stereocenters. The molecule has 0 amide bonds. The van der Waals surface area contributed by atoms with Gasteiger partial charge in [0.05, 0.1) is 5.69 Å². The zero-order valence-electron chi connectivity index (χ0n) is 7.19. The van der Waals surface area contributed by atoms with Crippen molar-refractivity contribution in [2.45, 2.75) is 24.3 Å². The molecule has 1 aromatic heterocycles. The molecular weight excluding hydrogens is 188 g/mol. The van der Waals surface area contributed by atoms with Gasteiger partial charge in [-0.15, -0.1) is 11.6 Å². The Hall–Kier alpha value is -0.670. The zero-order valence-corrected chi connectivity index (χ0v) is 7.94. The summed E-state index contributed by atoms with van der Waals surface area (Å²) in [7, 11) is 0. The van der Waals surface area contributed by atoms with Crippen molar-refractivity contribution in [2.75, 3.05) is 6.61 Å². The van der Waals surface area contributed by atoms with Gasteiger partial charge in [-0.3, -0.25) is 0 Å². The average molecular weight is 199 g/mol. The Bertz CT molecular complexity index is 268. The molecule has 0 spiro atoms. The molecule has 2 heterocycles. The second-order valence-corrected chi connectivity index (χ2v) is 3.73. The van der Waals surface area contributed by atoms with E-state index in [2.05, 4.69) is 9.97 Å². The molecule has 4 heteroatoms. The number of alkyl halides is 1. The molecule has 0 saturated carbocycles. The van der Waals surface area contributed by atoms with E-state index in [-0.39, 0.29) is 11.5 Å². The van der Waals surface area contributed by atoms with Gasteiger partial charge >= 0.3 is 0 Å². The van der Waals surface area contributed by atoms with Crippen LogP contribution in [-0.2, 0) is 4.74 Å². The van der Waals surface area contributed by atoms with Gasteiger partial charge in [-0.2, -0.15) is 0 Å². The first-order chi connectivity index (χ1) is 6.36. The van der Waals surface area contributed by atoms with E-state index >= 15 is 0 Å². The first-order valence-electron chi connectivity index (χ1n) is 4.38. The van der Waals surface area contributed by atoms with E-state index in [1.165, 1.54) is 6.33 Å². The van der Waals surface area contributed by atoms with E-state index in [0.29, 0.717) is 0 Å². The minimum absolute atomic E-state index is 0.0549. The van der Waals surface area contributed by atoms with Gasteiger partial charge in [0.15, 0.2) is 0 Å². The van der Waals surface area contributed by atoms with E-state index in [9.17, 15) is 0 Å². The lowest BCUT2D eigenvalue weighted by molar-refractivity contribution is 0.0141. The summed E-state index contributed by atoms with van der Waals surface area (Å²) < 4.78 is 5.56. The van der Waals surface area contributed by atoms with Crippen LogP contribution in [0.1, 0.15) is 24.6 Å². The third kappa shape index (κ3) is 2.17. The van der Waals surface area contributed by atoms with E-state index in [1.807, 2.05) is 6.07 Å². The molecular formula is C9H11ClN2O. The molecule has 1 saturated heterocycles. The van der Waals surface area contributed by atoms with Gasteiger partial charge in [0.2, 0.25) is 0 Å². The third-order valence-corrected chi connectivity index (χ3v) is 2.55. The lowest BCUT2D eigenvalue weighted by atomic mass is 10.1. The number of hydrogen-bond acceptors (Lipinski definition) is 3. The van der Waals surface area contributed by atoms with Crippen molar-refractivity contribution in [3.63, 3.8) is 0 Å². The first-order valence-corrected chi connectivity index (χ1v) is 4.81. The van der Waals surface area contributed by atoms with Crippen LogP contribution in [0.3, 0.4) is 0 Å². The fourth-order valence-electron chi connectivity index (χ4n) is 1.45. The van der Waals surface area contributed by atoms with Crippen LogP contribution >= 0.6 is 11.6 Å². The predicted octanol–water partition coefficient (Wildman–Crippen LogP) is 1.94. The largest absolute Gasteiger partial charge is 0.372 e. The highest BCUT2D eigenvalue weighted by Gasteiger charge is 2.22. The number of rotatable bonds is 1. The standard InChI is InChI=1S/C9H11ClN2O/c10-7-2-4-13-9(5-7)8-1-3-11-6-12-8/h1,3,6-7,9H,2,4-5H2. The monoisotopic (exact) mass is 198 g/mol. The number of hydrogen-bond donors (Lipinski definition) is 0. The van der Waals surface area contributed by atoms with Crippen LogP contribution in [0, 0.1) is 0 Å². The lowest BCUT2D eigenvalue weighted by Crippen LogP contribution is -2.20. The molecule has 1 aliphatic heterocycles. The van der Waals surface area contributed by atoms with Gasteiger partial charge in [0.1, 0.15) is 12.4 Å². The van der Waals surface area contributed by atoms with Gasteiger partial charge in [0, 0.05) is 18.2 Å². The van der Waals surface area contributed by atoms with Crippen LogP contribution in [0.25, 0.3) is 0 Å². The molecule has 1 fully saturated rings. The van der Waals surface area contributed by atoms with Gasteiger partial charge < -0.3 is 4.74 Å². The topological polar surface area (TPSA) is 35.0 Å². The molecule has 13 heavy (non-hydrogen) atoms. The van der Waals surface area contributed by atoms with Crippen LogP contribution in [0.15, 0.2) is 18.6 Å². The summed E-state index contributed by atoms with van der Waals surface area (Å²) in [6, 6.07) is 1.87. The van der Waals surface area contributed by atoms with Crippen molar-refractivity contribution in [3.05, 3.63) is 24.3 Å². The summed E-state index contributed by atoms with van der Waals surface area (Å²) in [5, 5.41) is 0.216. The maximum absolute atomic E-state index is 6.04. The maximum atomic E-state index is 6.04. The molecule has 0 radical (unpaired) electrons. The molecule has 1 aromatic rings. The van der Waals surface area contributed by atoms with Crippen LogP contribution in [0.2, 0.25) is 0 Å². The minimum atomic E-state index is 0.0549. The summed E-state index contributed by atoms with van der Waals surface area (Å²) in [5.74, 6) is 0. The van der Waals surface area contributed by atoms with Gasteiger partial charge in [-0.25, -0.2) is 9.97 Å². The Morgan fingerprint density at radius 2 is 2.46 bits per heavy atom. The van der Waals surface area contributed by atoms with Crippen molar-refractivity contribution < 1.29 is 4.74 Å². The third-order valence-electron chi connectivity index (χ3n) is 2.15. The minimum Gasteiger partial charge on any atom is -0.372 e. The van der Waals surface area contributed by atoms with Crippen LogP contribution in [-0.4, -0.2) is 22.0 Å². The molecule has 0 N–H and O–H groups in total. The maximum Gasteiger partial charge on any atom is 0.115 e. The second-order valence-electron chi connectivity index (χ2n) is 3.12. The Morgan fingerprint density at radius 1 is 1.54 bits per heavy atom. The SMILES string of the molecule is ClC1CCOC(c2ccncn2)C1. The molecule has 3 nitrogen and oxygen atoms in total. The Balaban J connectivity index is 2.08. The van der Waals surface area contributed by atoms with E-state index in [1.54, 1.807) is 6.20 Å². The number of aromatic nitrogens is 2. The van der Waals surface area contributed by atoms with Crippen molar-refractivity contribution in [3.8, 4) is 0 Å². The average Bonchev–Trinajstić information content (AvgIpc) is 2.19. The Labute approximate surface area is 82.1 Å². The highest BCUT2D eigenvalue weighted by molar-refractivity contribution is 6.20. The molecule has 70 valence electrons. The van der Waals surface area contributed by atoms with Crippen molar-refractivity contribution in [1.82, 2.24) is 9.97 Å². The highest BCUT2D eigenvalue weighted by Crippen LogP contribution is 2.28. The highest BCUT2D eigenvalue weighted by atomic mass is 35.5. The fraction of sp³-hybridized carbons (Fsp3) is 0.556. The van der Waals surface area contributed by atoms with Crippen molar-refractivity contribution in [2.24, 2.45) is 0 Å². The van der Waals surface area contributed by atoms with E-state index < -0.39 is 0 Å². The number of ether oxygens (including phenoxy) is 1. The van der Waals surface area contributed by atoms with Gasteiger partial charge in [-0.05, 0) is 18.9 Å². The molecule has 0 aromatic carbocycles. The van der Waals surface area contributed by atoms with Crippen LogP contribution in [0.4, 0.5) is 0 Å². The number of halogens is 1. The Morgan fingerprint density at radius 3 is 3.15 bits per heavy atom. The van der Waals surface area contributed by atoms with Gasteiger partial charge in [0.25, 0.3) is 0 Å². The van der Waals surface area contributed by atoms with Crippen LogP contribution in [0.5, 0.6) is 0 Å². The summed E-state index contributed by atoms with van der Waals surface area (Å²) in [4.78, 5) is 8.00. The summed E-state index contributed by atoms with van der Waals surface area (Å²) in [6.45, 7) is 0.725. The fourth-order valence-corrected chi connectivity index (χ4v) is 1.70. The summed E-state index contributed by atoms with van der Waals surface area (Å²) >= 11 is 6.04. The Kier molecular flexibility index (Phi) is 2.76. The lowest BCUT2D eigenvalue weighted by Gasteiger charge is -2.25.